The summed E-state index contributed by atoms with van der Waals surface area (Å²) < 4.78 is 22.9. The van der Waals surface area contributed by atoms with E-state index in [1.54, 1.807) is 0 Å². The molecule has 1 aromatic carbocycles. The second-order valence-corrected chi connectivity index (χ2v) is 8.48. The third kappa shape index (κ3) is 3.59. The largest absolute Gasteiger partial charge is 0.349 e. The zero-order valence-electron chi connectivity index (χ0n) is 10.8. The molecule has 0 bridgehead atoms. The Kier molecular flexibility index (Phi) is 5.01. The summed E-state index contributed by atoms with van der Waals surface area (Å²) in [6.45, 7) is 2.02. The van der Waals surface area contributed by atoms with Gasteiger partial charge in [-0.15, -0.1) is 0 Å². The third-order valence-corrected chi connectivity index (χ3v) is 6.01. The summed E-state index contributed by atoms with van der Waals surface area (Å²) in [6, 6.07) is 1.07. The number of carbonyl (C=O) groups is 1. The fourth-order valence-electron chi connectivity index (χ4n) is 2.07. The van der Waals surface area contributed by atoms with Crippen molar-refractivity contribution in [2.45, 2.75) is 30.7 Å². The lowest BCUT2D eigenvalue weighted by atomic mass is 10.2. The second-order valence-electron chi connectivity index (χ2n) is 4.78. The summed E-state index contributed by atoms with van der Waals surface area (Å²) >= 11 is 17.8. The lowest BCUT2D eigenvalue weighted by Gasteiger charge is -2.12. The van der Waals surface area contributed by atoms with Crippen molar-refractivity contribution >= 4 is 60.4 Å². The third-order valence-electron chi connectivity index (χ3n) is 3.38. The van der Waals surface area contributed by atoms with Crippen molar-refractivity contribution in [2.24, 2.45) is 5.92 Å². The number of hydrogen-bond donors (Lipinski definition) is 1. The molecule has 1 aromatic rings. The average Bonchev–Trinajstić information content (AvgIpc) is 3.10. The van der Waals surface area contributed by atoms with Crippen LogP contribution in [0.25, 0.3) is 0 Å². The van der Waals surface area contributed by atoms with Gasteiger partial charge in [0, 0.05) is 16.7 Å². The molecular formula is C12H11Cl4NO3S. The Labute approximate surface area is 142 Å². The van der Waals surface area contributed by atoms with Gasteiger partial charge in [-0.2, -0.15) is 0 Å². The summed E-state index contributed by atoms with van der Waals surface area (Å²) in [6.07, 6.45) is 1.82. The van der Waals surface area contributed by atoms with Gasteiger partial charge in [0.2, 0.25) is 0 Å². The summed E-state index contributed by atoms with van der Waals surface area (Å²) in [5.74, 6) is -0.142. The van der Waals surface area contributed by atoms with Crippen LogP contribution in [0.3, 0.4) is 0 Å². The highest BCUT2D eigenvalue weighted by Gasteiger charge is 2.37. The molecule has 0 spiro atoms. The molecule has 2 rings (SSSR count). The minimum Gasteiger partial charge on any atom is -0.349 e. The highest BCUT2D eigenvalue weighted by molar-refractivity contribution is 8.13. The van der Waals surface area contributed by atoms with E-state index in [4.69, 9.17) is 45.5 Å². The summed E-state index contributed by atoms with van der Waals surface area (Å²) in [7, 11) is 1.14. The maximum Gasteiger partial charge on any atom is 0.262 e. The topological polar surface area (TPSA) is 63.2 Å². The molecule has 1 aliphatic rings. The van der Waals surface area contributed by atoms with Gasteiger partial charge < -0.3 is 5.32 Å². The van der Waals surface area contributed by atoms with E-state index in [0.29, 0.717) is 5.92 Å². The van der Waals surface area contributed by atoms with E-state index in [-0.39, 0.29) is 26.7 Å². The number of rotatable bonds is 4. The zero-order chi connectivity index (χ0) is 15.9. The maximum atomic E-state index is 12.3. The number of amides is 1. The van der Waals surface area contributed by atoms with Crippen LogP contribution in [0.15, 0.2) is 11.0 Å². The smallest absolute Gasteiger partial charge is 0.262 e. The Morgan fingerprint density at radius 2 is 1.95 bits per heavy atom. The van der Waals surface area contributed by atoms with Crippen LogP contribution in [0.4, 0.5) is 0 Å². The molecule has 0 aliphatic heterocycles. The first-order valence-corrected chi connectivity index (χ1v) is 9.54. The summed E-state index contributed by atoms with van der Waals surface area (Å²) in [5.41, 5.74) is -0.174. The predicted molar refractivity (Wildman–Crippen MR) is 84.2 cm³/mol. The molecule has 4 nitrogen and oxygen atoms in total. The van der Waals surface area contributed by atoms with Crippen molar-refractivity contribution in [1.82, 2.24) is 5.32 Å². The van der Waals surface area contributed by atoms with Crippen LogP contribution in [0.1, 0.15) is 30.1 Å². The van der Waals surface area contributed by atoms with Crippen molar-refractivity contribution < 1.29 is 13.2 Å². The van der Waals surface area contributed by atoms with Gasteiger partial charge in [-0.1, -0.05) is 48.1 Å². The Balaban J connectivity index is 2.43. The molecule has 1 amide bonds. The molecule has 1 saturated carbocycles. The molecule has 0 heterocycles. The molecule has 2 atom stereocenters. The lowest BCUT2D eigenvalue weighted by molar-refractivity contribution is 0.0949. The van der Waals surface area contributed by atoms with Crippen molar-refractivity contribution in [3.05, 3.63) is 26.7 Å². The summed E-state index contributed by atoms with van der Waals surface area (Å²) in [4.78, 5) is 11.8. The normalized spacial score (nSPS) is 21.2. The van der Waals surface area contributed by atoms with Gasteiger partial charge in [0.25, 0.3) is 15.0 Å². The minimum absolute atomic E-state index is 0.0460. The van der Waals surface area contributed by atoms with Gasteiger partial charge in [0.15, 0.2) is 0 Å². The molecule has 0 saturated heterocycles. The number of carbonyl (C=O) groups excluding carboxylic acids is 1. The van der Waals surface area contributed by atoms with E-state index >= 15 is 0 Å². The molecule has 0 aromatic heterocycles. The SMILES string of the molecule is CCC1CC1NC(=O)c1c(Cl)c(Cl)cc(S(=O)(=O)Cl)c1Cl. The van der Waals surface area contributed by atoms with Crippen LogP contribution < -0.4 is 5.32 Å². The van der Waals surface area contributed by atoms with Gasteiger partial charge in [-0.25, -0.2) is 8.42 Å². The van der Waals surface area contributed by atoms with E-state index in [2.05, 4.69) is 5.32 Å². The second kappa shape index (κ2) is 6.13. The van der Waals surface area contributed by atoms with Crippen molar-refractivity contribution in [1.29, 1.82) is 0 Å². The van der Waals surface area contributed by atoms with E-state index in [1.165, 1.54) is 0 Å². The van der Waals surface area contributed by atoms with Crippen LogP contribution >= 0.6 is 45.5 Å². The van der Waals surface area contributed by atoms with Gasteiger partial charge in [-0.05, 0) is 18.4 Å². The monoisotopic (exact) mass is 389 g/mol. The molecule has 21 heavy (non-hydrogen) atoms. The maximum absolute atomic E-state index is 12.3. The Hall–Kier alpha value is -0.200. The van der Waals surface area contributed by atoms with Gasteiger partial charge in [0.1, 0.15) is 4.90 Å². The van der Waals surface area contributed by atoms with Gasteiger partial charge in [-0.3, -0.25) is 4.79 Å². The van der Waals surface area contributed by atoms with Gasteiger partial charge >= 0.3 is 0 Å². The number of benzene rings is 1. The molecular weight excluding hydrogens is 380 g/mol. The molecule has 1 N–H and O–H groups in total. The fraction of sp³-hybridized carbons (Fsp3) is 0.417. The number of nitrogens with one attached hydrogen (secondary N) is 1. The average molecular weight is 391 g/mol. The zero-order valence-corrected chi connectivity index (χ0v) is 14.6. The lowest BCUT2D eigenvalue weighted by Crippen LogP contribution is -2.27. The quantitative estimate of drug-likeness (QED) is 0.621. The van der Waals surface area contributed by atoms with Gasteiger partial charge in [0.05, 0.1) is 20.6 Å². The molecule has 1 aliphatic carbocycles. The predicted octanol–water partition coefficient (Wildman–Crippen LogP) is 4.10. The van der Waals surface area contributed by atoms with Crippen LogP contribution in [0.5, 0.6) is 0 Å². The first-order valence-electron chi connectivity index (χ1n) is 6.09. The van der Waals surface area contributed by atoms with E-state index in [0.717, 1.165) is 18.9 Å². The highest BCUT2D eigenvalue weighted by atomic mass is 35.7. The Bertz CT molecular complexity index is 705. The van der Waals surface area contributed by atoms with Crippen LogP contribution in [-0.2, 0) is 9.05 Å². The number of hydrogen-bond acceptors (Lipinski definition) is 3. The van der Waals surface area contributed by atoms with Crippen molar-refractivity contribution in [3.63, 3.8) is 0 Å². The Morgan fingerprint density at radius 1 is 1.33 bits per heavy atom. The molecule has 0 radical (unpaired) electrons. The van der Waals surface area contributed by atoms with E-state index in [9.17, 15) is 13.2 Å². The van der Waals surface area contributed by atoms with Crippen LogP contribution in [0.2, 0.25) is 15.1 Å². The van der Waals surface area contributed by atoms with Crippen LogP contribution in [-0.4, -0.2) is 20.4 Å². The van der Waals surface area contributed by atoms with Crippen molar-refractivity contribution in [2.75, 3.05) is 0 Å². The minimum atomic E-state index is -4.14. The molecule has 2 unspecified atom stereocenters. The molecule has 116 valence electrons. The Morgan fingerprint density at radius 3 is 2.43 bits per heavy atom. The first kappa shape index (κ1) is 17.2. The molecule has 1 fully saturated rings. The first-order chi connectivity index (χ1) is 9.66. The standard InChI is InChI=1S/C12H11Cl4NO3S/c1-2-5-3-7(5)17-12(18)9-10(14)6(13)4-8(11(9)15)21(16,19)20/h4-5,7H,2-3H2,1H3,(H,17,18). The summed E-state index contributed by atoms with van der Waals surface area (Å²) in [5, 5.41) is 2.22. The highest BCUT2D eigenvalue weighted by Crippen LogP contribution is 2.39. The van der Waals surface area contributed by atoms with Crippen LogP contribution in [0, 0.1) is 5.92 Å². The van der Waals surface area contributed by atoms with E-state index < -0.39 is 19.9 Å². The van der Waals surface area contributed by atoms with Crippen molar-refractivity contribution in [3.8, 4) is 0 Å². The number of halogens is 4. The molecule has 9 heteroatoms. The van der Waals surface area contributed by atoms with E-state index in [1.807, 2.05) is 6.92 Å². The fourth-order valence-corrected chi connectivity index (χ4v) is 4.22.